The fourth-order valence-corrected chi connectivity index (χ4v) is 1.57. The molecular formula is C13H10O3. The van der Waals surface area contributed by atoms with E-state index in [1.54, 1.807) is 30.3 Å². The molecule has 3 nitrogen and oxygen atoms in total. The topological polar surface area (TPSA) is 57.5 Å². The Morgan fingerprint density at radius 1 is 0.938 bits per heavy atom. The van der Waals surface area contributed by atoms with Crippen molar-refractivity contribution in [1.29, 1.82) is 0 Å². The van der Waals surface area contributed by atoms with Crippen LogP contribution in [0.5, 0.6) is 11.5 Å². The molecule has 0 saturated heterocycles. The maximum absolute atomic E-state index is 10.9. The van der Waals surface area contributed by atoms with Crippen LogP contribution in [0.1, 0.15) is 10.4 Å². The zero-order valence-electron chi connectivity index (χ0n) is 8.42. The summed E-state index contributed by atoms with van der Waals surface area (Å²) < 4.78 is 0. The van der Waals surface area contributed by atoms with Gasteiger partial charge in [0.15, 0.2) is 6.29 Å². The predicted octanol–water partition coefficient (Wildman–Crippen LogP) is 2.58. The normalized spacial score (nSPS) is 10.0. The molecule has 0 heterocycles. The van der Waals surface area contributed by atoms with E-state index in [9.17, 15) is 15.0 Å². The summed E-state index contributed by atoms with van der Waals surface area (Å²) >= 11 is 0. The van der Waals surface area contributed by atoms with Crippen LogP contribution in [0.3, 0.4) is 0 Å². The number of hydrogen-bond donors (Lipinski definition) is 2. The fraction of sp³-hybridized carbons (Fsp3) is 0. The molecule has 0 aliphatic heterocycles. The van der Waals surface area contributed by atoms with Gasteiger partial charge in [0.2, 0.25) is 0 Å². The van der Waals surface area contributed by atoms with Gasteiger partial charge < -0.3 is 10.2 Å². The number of phenolic OH excluding ortho intramolecular Hbond substituents is 2. The summed E-state index contributed by atoms with van der Waals surface area (Å²) in [6.07, 6.45) is 0.721. The molecule has 2 N–H and O–H groups in total. The average Bonchev–Trinajstić information content (AvgIpc) is 2.29. The van der Waals surface area contributed by atoms with Crippen LogP contribution in [0.4, 0.5) is 0 Å². The lowest BCUT2D eigenvalue weighted by molar-refractivity contribution is 0.112. The number of carbonyl (C=O) groups is 1. The Kier molecular flexibility index (Phi) is 2.60. The van der Waals surface area contributed by atoms with Crippen LogP contribution in [-0.2, 0) is 0 Å². The highest BCUT2D eigenvalue weighted by Gasteiger charge is 2.06. The number of carbonyl (C=O) groups excluding carboxylic acids is 1. The second-order valence-electron chi connectivity index (χ2n) is 3.44. The zero-order chi connectivity index (χ0) is 11.5. The van der Waals surface area contributed by atoms with Crippen LogP contribution in [0.25, 0.3) is 11.1 Å². The Hall–Kier alpha value is -2.29. The van der Waals surface area contributed by atoms with Gasteiger partial charge in [-0.3, -0.25) is 4.79 Å². The number of hydrogen-bond acceptors (Lipinski definition) is 3. The van der Waals surface area contributed by atoms with Crippen molar-refractivity contribution in [1.82, 2.24) is 0 Å². The van der Waals surface area contributed by atoms with E-state index in [4.69, 9.17) is 0 Å². The van der Waals surface area contributed by atoms with Crippen molar-refractivity contribution in [3.63, 3.8) is 0 Å². The van der Waals surface area contributed by atoms with Crippen LogP contribution in [0.2, 0.25) is 0 Å². The molecule has 0 fully saturated rings. The Bertz CT molecular complexity index is 532. The third-order valence-electron chi connectivity index (χ3n) is 2.32. The number of aromatic hydroxyl groups is 2. The lowest BCUT2D eigenvalue weighted by Crippen LogP contribution is -1.86. The summed E-state index contributed by atoms with van der Waals surface area (Å²) in [5.74, 6) is 0.210. The first-order valence-electron chi connectivity index (χ1n) is 4.78. The summed E-state index contributed by atoms with van der Waals surface area (Å²) in [4.78, 5) is 10.9. The van der Waals surface area contributed by atoms with E-state index in [0.29, 0.717) is 16.7 Å². The molecule has 3 heteroatoms. The van der Waals surface area contributed by atoms with Gasteiger partial charge in [-0.2, -0.15) is 0 Å². The Morgan fingerprint density at radius 3 is 2.38 bits per heavy atom. The lowest BCUT2D eigenvalue weighted by atomic mass is 10.00. The van der Waals surface area contributed by atoms with E-state index < -0.39 is 0 Å². The number of rotatable bonds is 2. The minimum Gasteiger partial charge on any atom is -0.508 e. The molecule has 2 aromatic carbocycles. The summed E-state index contributed by atoms with van der Waals surface area (Å²) in [5.41, 5.74) is 1.77. The van der Waals surface area contributed by atoms with E-state index in [1.807, 2.05) is 0 Å². The average molecular weight is 214 g/mol. The molecule has 0 aliphatic carbocycles. The Balaban J connectivity index is 2.62. The van der Waals surface area contributed by atoms with E-state index in [2.05, 4.69) is 0 Å². The molecule has 16 heavy (non-hydrogen) atoms. The summed E-state index contributed by atoms with van der Waals surface area (Å²) in [5, 5.41) is 18.7. The van der Waals surface area contributed by atoms with Crippen LogP contribution in [0, 0.1) is 0 Å². The van der Waals surface area contributed by atoms with Crippen molar-refractivity contribution in [2.24, 2.45) is 0 Å². The molecule has 2 rings (SSSR count). The number of benzene rings is 2. The van der Waals surface area contributed by atoms with Crippen molar-refractivity contribution in [3.05, 3.63) is 48.0 Å². The minimum absolute atomic E-state index is 0.0870. The van der Waals surface area contributed by atoms with Gasteiger partial charge in [0.1, 0.15) is 11.5 Å². The molecule has 2 aromatic rings. The lowest BCUT2D eigenvalue weighted by Gasteiger charge is -2.06. The number of phenols is 2. The molecule has 0 radical (unpaired) electrons. The van der Waals surface area contributed by atoms with Gasteiger partial charge in [-0.05, 0) is 41.5 Å². The first-order chi connectivity index (χ1) is 7.70. The molecule has 0 spiro atoms. The second-order valence-corrected chi connectivity index (χ2v) is 3.44. The van der Waals surface area contributed by atoms with Gasteiger partial charge in [0, 0.05) is 5.56 Å². The maximum atomic E-state index is 10.9. The molecule has 0 aromatic heterocycles. The van der Waals surface area contributed by atoms with Gasteiger partial charge in [-0.1, -0.05) is 12.1 Å². The second kappa shape index (κ2) is 4.06. The van der Waals surface area contributed by atoms with Gasteiger partial charge in [-0.15, -0.1) is 0 Å². The van der Waals surface area contributed by atoms with Crippen molar-refractivity contribution in [2.75, 3.05) is 0 Å². The van der Waals surface area contributed by atoms with E-state index in [0.717, 1.165) is 6.29 Å². The Labute approximate surface area is 92.6 Å². The maximum Gasteiger partial charge on any atom is 0.150 e. The monoisotopic (exact) mass is 214 g/mol. The predicted molar refractivity (Wildman–Crippen MR) is 60.6 cm³/mol. The van der Waals surface area contributed by atoms with Crippen LogP contribution >= 0.6 is 0 Å². The molecule has 0 amide bonds. The van der Waals surface area contributed by atoms with E-state index in [-0.39, 0.29) is 11.5 Å². The smallest absolute Gasteiger partial charge is 0.150 e. The van der Waals surface area contributed by atoms with Crippen LogP contribution in [0.15, 0.2) is 42.5 Å². The van der Waals surface area contributed by atoms with Gasteiger partial charge >= 0.3 is 0 Å². The largest absolute Gasteiger partial charge is 0.508 e. The quantitative estimate of drug-likeness (QED) is 0.755. The summed E-state index contributed by atoms with van der Waals surface area (Å²) in [6.45, 7) is 0. The molecule has 0 atom stereocenters. The van der Waals surface area contributed by atoms with Crippen molar-refractivity contribution in [2.45, 2.75) is 0 Å². The third kappa shape index (κ3) is 1.88. The van der Waals surface area contributed by atoms with Gasteiger partial charge in [0.25, 0.3) is 0 Å². The highest BCUT2D eigenvalue weighted by molar-refractivity contribution is 5.88. The molecule has 80 valence electrons. The minimum atomic E-state index is 0.0870. The zero-order valence-corrected chi connectivity index (χ0v) is 8.42. The molecule has 0 unspecified atom stereocenters. The third-order valence-corrected chi connectivity index (χ3v) is 2.32. The van der Waals surface area contributed by atoms with Crippen LogP contribution in [-0.4, -0.2) is 16.5 Å². The first kappa shape index (κ1) is 10.2. The summed E-state index contributed by atoms with van der Waals surface area (Å²) in [6, 6.07) is 11.0. The molecule has 0 bridgehead atoms. The standard InChI is InChI=1S/C13H10O3/c14-8-10-4-5-12(16)7-13(10)9-2-1-3-11(15)6-9/h1-8,15-16H. The highest BCUT2D eigenvalue weighted by atomic mass is 16.3. The van der Waals surface area contributed by atoms with E-state index >= 15 is 0 Å². The fourth-order valence-electron chi connectivity index (χ4n) is 1.57. The van der Waals surface area contributed by atoms with Gasteiger partial charge in [-0.25, -0.2) is 0 Å². The highest BCUT2D eigenvalue weighted by Crippen LogP contribution is 2.28. The summed E-state index contributed by atoms with van der Waals surface area (Å²) in [7, 11) is 0. The molecule has 0 saturated carbocycles. The van der Waals surface area contributed by atoms with E-state index in [1.165, 1.54) is 12.1 Å². The number of aldehydes is 1. The molecular weight excluding hydrogens is 204 g/mol. The van der Waals surface area contributed by atoms with Crippen LogP contribution < -0.4 is 0 Å². The Morgan fingerprint density at radius 2 is 1.69 bits per heavy atom. The SMILES string of the molecule is O=Cc1ccc(O)cc1-c1cccc(O)c1. The first-order valence-corrected chi connectivity index (χ1v) is 4.78. The van der Waals surface area contributed by atoms with Crippen molar-refractivity contribution < 1.29 is 15.0 Å². The van der Waals surface area contributed by atoms with Crippen molar-refractivity contribution in [3.8, 4) is 22.6 Å². The van der Waals surface area contributed by atoms with Gasteiger partial charge in [0.05, 0.1) is 0 Å². The van der Waals surface area contributed by atoms with Crippen molar-refractivity contribution >= 4 is 6.29 Å². The molecule has 0 aliphatic rings.